The van der Waals surface area contributed by atoms with Gasteiger partial charge in [-0.1, -0.05) is 13.3 Å². The molecule has 1 aromatic carbocycles. The van der Waals surface area contributed by atoms with Crippen molar-refractivity contribution in [3.05, 3.63) is 35.5 Å². The first kappa shape index (κ1) is 20.4. The third-order valence-electron chi connectivity index (χ3n) is 4.15. The molecule has 27 heavy (non-hydrogen) atoms. The normalized spacial score (nSPS) is 13.7. The molecule has 0 spiro atoms. The minimum atomic E-state index is -0.592. The molecule has 0 saturated carbocycles. The van der Waals surface area contributed by atoms with Gasteiger partial charge in [0.2, 0.25) is 5.91 Å². The van der Waals surface area contributed by atoms with E-state index in [2.05, 4.69) is 10.6 Å². The van der Waals surface area contributed by atoms with Crippen molar-refractivity contribution >= 4 is 29.2 Å². The molecule has 0 radical (unpaired) electrons. The van der Waals surface area contributed by atoms with Crippen molar-refractivity contribution < 1.29 is 24.2 Å². The van der Waals surface area contributed by atoms with Gasteiger partial charge in [0.05, 0.1) is 25.8 Å². The summed E-state index contributed by atoms with van der Waals surface area (Å²) in [4.78, 5) is 37.6. The lowest BCUT2D eigenvalue weighted by Crippen LogP contribution is -2.31. The Labute approximate surface area is 158 Å². The van der Waals surface area contributed by atoms with Crippen molar-refractivity contribution in [1.82, 2.24) is 4.90 Å². The number of nitrogens with zero attached hydrogens (tertiary/aromatic N) is 1. The summed E-state index contributed by atoms with van der Waals surface area (Å²) in [5.41, 5.74) is 1.60. The standard InChI is InChI=1S/C19H25N3O5/c1-3-4-5-16(24)20-13-6-8-14(9-7-13)21-17-15(19(26)27-2)12-22(10-11-23)18(17)25/h6-9,21,23H,3-5,10-12H2,1-2H3,(H,20,24). The first-order valence-electron chi connectivity index (χ1n) is 8.88. The highest BCUT2D eigenvalue weighted by molar-refractivity contribution is 6.08. The number of methoxy groups -OCH3 is 1. The van der Waals surface area contributed by atoms with Gasteiger partial charge >= 0.3 is 5.97 Å². The number of unbranched alkanes of at least 4 members (excludes halogenated alkanes) is 1. The molecule has 0 unspecified atom stereocenters. The Hall–Kier alpha value is -2.87. The summed E-state index contributed by atoms with van der Waals surface area (Å²) in [5.74, 6) is -1.01. The molecule has 8 heteroatoms. The molecule has 1 aliphatic rings. The van der Waals surface area contributed by atoms with Crippen LogP contribution in [0.5, 0.6) is 0 Å². The van der Waals surface area contributed by atoms with Crippen molar-refractivity contribution in [1.29, 1.82) is 0 Å². The summed E-state index contributed by atoms with van der Waals surface area (Å²) in [6.07, 6.45) is 2.26. The summed E-state index contributed by atoms with van der Waals surface area (Å²) < 4.78 is 4.75. The SMILES string of the molecule is CCCCC(=O)Nc1ccc(NC2=C(C(=O)OC)CN(CCO)C2=O)cc1. The smallest absolute Gasteiger partial charge is 0.337 e. The van der Waals surface area contributed by atoms with Gasteiger partial charge in [-0.15, -0.1) is 0 Å². The Morgan fingerprint density at radius 1 is 1.22 bits per heavy atom. The molecule has 0 atom stereocenters. The number of esters is 1. The van der Waals surface area contributed by atoms with E-state index in [-0.39, 0.29) is 42.8 Å². The van der Waals surface area contributed by atoms with Gasteiger partial charge in [-0.2, -0.15) is 0 Å². The molecule has 1 heterocycles. The van der Waals surface area contributed by atoms with E-state index in [1.807, 2.05) is 6.92 Å². The molecule has 3 N–H and O–H groups in total. The summed E-state index contributed by atoms with van der Waals surface area (Å²) in [5, 5.41) is 14.8. The lowest BCUT2D eigenvalue weighted by molar-refractivity contribution is -0.136. The Morgan fingerprint density at radius 3 is 2.48 bits per heavy atom. The number of amides is 2. The van der Waals surface area contributed by atoms with Crippen LogP contribution in [0.1, 0.15) is 26.2 Å². The number of benzene rings is 1. The van der Waals surface area contributed by atoms with Crippen LogP contribution < -0.4 is 10.6 Å². The molecule has 0 fully saturated rings. The Bertz CT molecular complexity index is 727. The first-order chi connectivity index (χ1) is 13.0. The molecule has 0 bridgehead atoms. The van der Waals surface area contributed by atoms with Gasteiger partial charge in [-0.3, -0.25) is 9.59 Å². The lowest BCUT2D eigenvalue weighted by atomic mass is 10.2. The van der Waals surface area contributed by atoms with E-state index in [4.69, 9.17) is 9.84 Å². The fourth-order valence-corrected chi connectivity index (χ4v) is 2.69. The van der Waals surface area contributed by atoms with E-state index in [0.717, 1.165) is 12.8 Å². The lowest BCUT2D eigenvalue weighted by Gasteiger charge is -2.15. The summed E-state index contributed by atoms with van der Waals surface area (Å²) in [6, 6.07) is 6.85. The number of anilines is 2. The van der Waals surface area contributed by atoms with Crippen LogP contribution in [0.4, 0.5) is 11.4 Å². The van der Waals surface area contributed by atoms with Crippen LogP contribution in [0.2, 0.25) is 0 Å². The second-order valence-electron chi connectivity index (χ2n) is 6.15. The Balaban J connectivity index is 2.10. The van der Waals surface area contributed by atoms with Crippen molar-refractivity contribution in [2.45, 2.75) is 26.2 Å². The zero-order valence-corrected chi connectivity index (χ0v) is 15.6. The quantitative estimate of drug-likeness (QED) is 0.565. The van der Waals surface area contributed by atoms with Crippen LogP contribution in [0.3, 0.4) is 0 Å². The number of aliphatic hydroxyl groups is 1. The number of aliphatic hydroxyl groups excluding tert-OH is 1. The molecule has 0 saturated heterocycles. The van der Waals surface area contributed by atoms with E-state index < -0.39 is 5.97 Å². The fraction of sp³-hybridized carbons (Fsp3) is 0.421. The van der Waals surface area contributed by atoms with Crippen LogP contribution in [-0.4, -0.2) is 54.6 Å². The summed E-state index contributed by atoms with van der Waals surface area (Å²) in [7, 11) is 1.25. The van der Waals surface area contributed by atoms with Crippen molar-refractivity contribution in [2.24, 2.45) is 0 Å². The first-order valence-corrected chi connectivity index (χ1v) is 8.88. The average Bonchev–Trinajstić information content (AvgIpc) is 2.97. The molecular weight excluding hydrogens is 350 g/mol. The summed E-state index contributed by atoms with van der Waals surface area (Å²) in [6.45, 7) is 2.05. The predicted molar refractivity (Wildman–Crippen MR) is 101 cm³/mol. The fourth-order valence-electron chi connectivity index (χ4n) is 2.69. The van der Waals surface area contributed by atoms with E-state index in [1.54, 1.807) is 24.3 Å². The Morgan fingerprint density at radius 2 is 1.89 bits per heavy atom. The second-order valence-corrected chi connectivity index (χ2v) is 6.15. The van der Waals surface area contributed by atoms with Gasteiger partial charge < -0.3 is 25.4 Å². The number of carbonyl (C=O) groups is 3. The third kappa shape index (κ3) is 5.30. The summed E-state index contributed by atoms with van der Waals surface area (Å²) >= 11 is 0. The topological polar surface area (TPSA) is 108 Å². The number of rotatable bonds is 9. The van der Waals surface area contributed by atoms with Gasteiger partial charge in [0.15, 0.2) is 0 Å². The largest absolute Gasteiger partial charge is 0.466 e. The maximum atomic E-state index is 12.5. The zero-order chi connectivity index (χ0) is 19.8. The van der Waals surface area contributed by atoms with Gasteiger partial charge in [-0.05, 0) is 30.7 Å². The van der Waals surface area contributed by atoms with Gasteiger partial charge in [0.1, 0.15) is 5.70 Å². The molecule has 1 aromatic rings. The molecule has 0 aromatic heterocycles. The minimum absolute atomic E-state index is 0.0427. The second kappa shape index (κ2) is 9.72. The van der Waals surface area contributed by atoms with Crippen molar-refractivity contribution in [3.8, 4) is 0 Å². The monoisotopic (exact) mass is 375 g/mol. The van der Waals surface area contributed by atoms with Crippen LogP contribution >= 0.6 is 0 Å². The minimum Gasteiger partial charge on any atom is -0.466 e. The van der Waals surface area contributed by atoms with Crippen molar-refractivity contribution in [3.63, 3.8) is 0 Å². The number of β-amino-alcohol motifs (C(OH)–C–C–N with tert-alkyl or cyclic N) is 1. The van der Waals surface area contributed by atoms with Crippen LogP contribution in [0.25, 0.3) is 0 Å². The molecule has 146 valence electrons. The predicted octanol–water partition coefficient (Wildman–Crippen LogP) is 1.49. The average molecular weight is 375 g/mol. The van der Waals surface area contributed by atoms with E-state index >= 15 is 0 Å². The number of hydrogen-bond acceptors (Lipinski definition) is 6. The van der Waals surface area contributed by atoms with Crippen LogP contribution in [0, 0.1) is 0 Å². The third-order valence-corrected chi connectivity index (χ3v) is 4.15. The molecule has 0 aliphatic carbocycles. The molecule has 8 nitrogen and oxygen atoms in total. The Kier molecular flexibility index (Phi) is 7.36. The van der Waals surface area contributed by atoms with Gasteiger partial charge in [0, 0.05) is 24.3 Å². The van der Waals surface area contributed by atoms with Crippen LogP contribution in [-0.2, 0) is 19.1 Å². The highest BCUT2D eigenvalue weighted by atomic mass is 16.5. The van der Waals surface area contributed by atoms with Crippen LogP contribution in [0.15, 0.2) is 35.5 Å². The van der Waals surface area contributed by atoms with E-state index in [9.17, 15) is 14.4 Å². The van der Waals surface area contributed by atoms with E-state index in [0.29, 0.717) is 17.8 Å². The molecule has 1 aliphatic heterocycles. The zero-order valence-electron chi connectivity index (χ0n) is 15.6. The highest BCUT2D eigenvalue weighted by Crippen LogP contribution is 2.23. The van der Waals surface area contributed by atoms with Gasteiger partial charge in [0.25, 0.3) is 5.91 Å². The molecule has 2 amide bonds. The van der Waals surface area contributed by atoms with E-state index in [1.165, 1.54) is 12.0 Å². The number of nitrogens with one attached hydrogen (secondary N) is 2. The van der Waals surface area contributed by atoms with Crippen molar-refractivity contribution in [2.75, 3.05) is 37.4 Å². The molecular formula is C19H25N3O5. The maximum Gasteiger partial charge on any atom is 0.337 e. The van der Waals surface area contributed by atoms with Gasteiger partial charge in [-0.25, -0.2) is 4.79 Å². The number of carbonyl (C=O) groups excluding carboxylic acids is 3. The number of hydrogen-bond donors (Lipinski definition) is 3. The number of ether oxygens (including phenoxy) is 1. The molecule has 2 rings (SSSR count). The maximum absolute atomic E-state index is 12.5. The highest BCUT2D eigenvalue weighted by Gasteiger charge is 2.34.